The zero-order valence-electron chi connectivity index (χ0n) is 20.1. The number of anilines is 1. The lowest BCUT2D eigenvalue weighted by atomic mass is 9.77. The van der Waals surface area contributed by atoms with Crippen LogP contribution in [0.3, 0.4) is 0 Å². The average Bonchev–Trinajstić information content (AvgIpc) is 3.09. The van der Waals surface area contributed by atoms with Crippen LogP contribution in [0.5, 0.6) is 5.75 Å². The number of carbonyl (C=O) groups excluding carboxylic acids is 1. The zero-order valence-corrected chi connectivity index (χ0v) is 20.1. The number of benzene rings is 2. The van der Waals surface area contributed by atoms with Gasteiger partial charge in [-0.25, -0.2) is 5.06 Å². The second-order valence-corrected chi connectivity index (χ2v) is 10.7. The van der Waals surface area contributed by atoms with Crippen LogP contribution in [-0.4, -0.2) is 22.0 Å². The summed E-state index contributed by atoms with van der Waals surface area (Å²) in [5, 5.41) is 23.9. The molecule has 0 bridgehead atoms. The smallest absolute Gasteiger partial charge is 0.269 e. The number of primary amides is 1. The minimum absolute atomic E-state index is 0.0159. The lowest BCUT2D eigenvalue weighted by Gasteiger charge is -2.31. The number of hydrogen-bond donors (Lipinski definition) is 2. The van der Waals surface area contributed by atoms with Gasteiger partial charge in [0.25, 0.3) is 5.69 Å². The van der Waals surface area contributed by atoms with E-state index in [0.717, 1.165) is 16.7 Å². The lowest BCUT2D eigenvalue weighted by Crippen LogP contribution is -2.25. The van der Waals surface area contributed by atoms with Crippen LogP contribution in [0, 0.1) is 10.1 Å². The van der Waals surface area contributed by atoms with Gasteiger partial charge in [0, 0.05) is 18.6 Å². The first kappa shape index (κ1) is 24.5. The fourth-order valence-electron chi connectivity index (χ4n) is 4.19. The first-order valence-electron chi connectivity index (χ1n) is 11.0. The van der Waals surface area contributed by atoms with E-state index in [0.29, 0.717) is 12.1 Å². The van der Waals surface area contributed by atoms with E-state index < -0.39 is 16.9 Å². The number of nitro groups is 1. The normalized spacial score (nSPS) is 19.0. The number of phenols is 1. The van der Waals surface area contributed by atoms with Crippen LogP contribution in [0.15, 0.2) is 36.4 Å². The molecule has 33 heavy (non-hydrogen) atoms. The second-order valence-electron chi connectivity index (χ2n) is 10.7. The topological polar surface area (TPSA) is 119 Å². The van der Waals surface area contributed by atoms with Crippen molar-refractivity contribution in [2.45, 2.75) is 77.4 Å². The van der Waals surface area contributed by atoms with Crippen molar-refractivity contribution in [3.8, 4) is 5.75 Å². The number of hydroxylamine groups is 1. The van der Waals surface area contributed by atoms with Crippen molar-refractivity contribution < 1.29 is 19.7 Å². The first-order valence-corrected chi connectivity index (χ1v) is 11.0. The summed E-state index contributed by atoms with van der Waals surface area (Å²) in [5.41, 5.74) is 8.04. The molecular formula is C25H33N3O5. The number of nitro benzene ring substituents is 1. The molecule has 1 aliphatic heterocycles. The Balaban J connectivity index is 2.13. The largest absolute Gasteiger partial charge is 0.507 e. The number of nitrogens with two attached hydrogens (primary N) is 1. The Morgan fingerprint density at radius 1 is 1.12 bits per heavy atom. The summed E-state index contributed by atoms with van der Waals surface area (Å²) in [6, 6.07) is 9.83. The maximum atomic E-state index is 11.6. The zero-order chi connectivity index (χ0) is 24.7. The predicted octanol–water partition coefficient (Wildman–Crippen LogP) is 5.02. The van der Waals surface area contributed by atoms with Crippen LogP contribution >= 0.6 is 0 Å². The van der Waals surface area contributed by atoms with Gasteiger partial charge in [0.2, 0.25) is 5.91 Å². The number of hydrogen-bond acceptors (Lipinski definition) is 6. The molecule has 0 saturated carbocycles. The van der Waals surface area contributed by atoms with E-state index >= 15 is 0 Å². The summed E-state index contributed by atoms with van der Waals surface area (Å²) in [5.74, 6) is -0.172. The molecule has 2 aromatic carbocycles. The van der Waals surface area contributed by atoms with Gasteiger partial charge in [-0.3, -0.25) is 19.7 Å². The molecule has 1 heterocycles. The minimum Gasteiger partial charge on any atom is -0.507 e. The molecule has 1 amide bonds. The van der Waals surface area contributed by atoms with Gasteiger partial charge in [-0.1, -0.05) is 41.5 Å². The Bertz CT molecular complexity index is 1020. The molecule has 0 aromatic heterocycles. The standard InChI is InChI=1S/C25H33N3O5/c1-24(2,3)19-11-15(12-20(23(19)30)25(4,5)6)21-13-18(14-22(26)29)33-27(21)16-7-9-17(10-8-16)28(31)32/h7-12,18,21,30H,13-14H2,1-6H3,(H2,26,29). The van der Waals surface area contributed by atoms with Crippen LogP contribution in [0.25, 0.3) is 0 Å². The molecule has 2 aromatic rings. The molecule has 8 nitrogen and oxygen atoms in total. The maximum absolute atomic E-state index is 11.6. The van der Waals surface area contributed by atoms with E-state index in [1.54, 1.807) is 17.2 Å². The summed E-state index contributed by atoms with van der Waals surface area (Å²) in [7, 11) is 0. The Morgan fingerprint density at radius 3 is 2.06 bits per heavy atom. The number of phenolic OH excluding ortho intramolecular Hbond substituents is 1. The number of non-ortho nitro benzene ring substituents is 1. The van der Waals surface area contributed by atoms with Gasteiger partial charge in [-0.2, -0.15) is 0 Å². The summed E-state index contributed by atoms with van der Waals surface area (Å²) in [6.45, 7) is 12.3. The molecule has 3 rings (SSSR count). The average molecular weight is 456 g/mol. The van der Waals surface area contributed by atoms with Gasteiger partial charge in [0.1, 0.15) is 5.75 Å². The molecule has 3 N–H and O–H groups in total. The van der Waals surface area contributed by atoms with Crippen LogP contribution < -0.4 is 10.8 Å². The third-order valence-corrected chi connectivity index (χ3v) is 5.91. The van der Waals surface area contributed by atoms with Crippen molar-refractivity contribution >= 4 is 17.3 Å². The van der Waals surface area contributed by atoms with Gasteiger partial charge >= 0.3 is 0 Å². The highest BCUT2D eigenvalue weighted by Crippen LogP contribution is 2.45. The van der Waals surface area contributed by atoms with E-state index in [1.165, 1.54) is 12.1 Å². The number of aromatic hydroxyl groups is 1. The molecule has 1 fully saturated rings. The summed E-state index contributed by atoms with van der Waals surface area (Å²) in [4.78, 5) is 28.3. The number of rotatable bonds is 5. The van der Waals surface area contributed by atoms with Gasteiger partial charge in [0.15, 0.2) is 0 Å². The fourth-order valence-corrected chi connectivity index (χ4v) is 4.19. The highest BCUT2D eigenvalue weighted by Gasteiger charge is 2.38. The summed E-state index contributed by atoms with van der Waals surface area (Å²) in [6.07, 6.45) is 0.154. The van der Waals surface area contributed by atoms with Gasteiger partial charge in [-0.05, 0) is 51.8 Å². The Morgan fingerprint density at radius 2 is 1.64 bits per heavy atom. The van der Waals surface area contributed by atoms with E-state index in [4.69, 9.17) is 10.6 Å². The SMILES string of the molecule is CC(C)(C)c1cc(C2CC(CC(N)=O)ON2c2ccc([N+](=O)[O-])cc2)cc(C(C)(C)C)c1O. The van der Waals surface area contributed by atoms with Crippen molar-refractivity contribution in [3.05, 3.63) is 63.2 Å². The molecule has 2 unspecified atom stereocenters. The van der Waals surface area contributed by atoms with Crippen LogP contribution in [0.1, 0.15) is 77.1 Å². The van der Waals surface area contributed by atoms with E-state index in [-0.39, 0.29) is 34.7 Å². The van der Waals surface area contributed by atoms with Gasteiger partial charge in [-0.15, -0.1) is 0 Å². The first-order chi connectivity index (χ1) is 15.2. The second kappa shape index (κ2) is 8.67. The number of nitrogens with zero attached hydrogens (tertiary/aromatic N) is 2. The van der Waals surface area contributed by atoms with E-state index in [9.17, 15) is 20.0 Å². The van der Waals surface area contributed by atoms with Crippen molar-refractivity contribution in [1.82, 2.24) is 0 Å². The van der Waals surface area contributed by atoms with Crippen LogP contribution in [0.2, 0.25) is 0 Å². The highest BCUT2D eigenvalue weighted by molar-refractivity contribution is 5.74. The molecule has 0 aliphatic carbocycles. The monoisotopic (exact) mass is 455 g/mol. The van der Waals surface area contributed by atoms with E-state index in [2.05, 4.69) is 0 Å². The summed E-state index contributed by atoms with van der Waals surface area (Å²) >= 11 is 0. The number of carbonyl (C=O) groups is 1. The molecule has 0 radical (unpaired) electrons. The lowest BCUT2D eigenvalue weighted by molar-refractivity contribution is -0.384. The molecule has 1 saturated heterocycles. The van der Waals surface area contributed by atoms with E-state index in [1.807, 2.05) is 53.7 Å². The van der Waals surface area contributed by atoms with Gasteiger partial charge in [0.05, 0.1) is 29.2 Å². The third-order valence-electron chi connectivity index (χ3n) is 5.91. The van der Waals surface area contributed by atoms with Crippen molar-refractivity contribution in [2.24, 2.45) is 5.73 Å². The molecule has 2 atom stereocenters. The Hall–Kier alpha value is -3.13. The predicted molar refractivity (Wildman–Crippen MR) is 127 cm³/mol. The molecular weight excluding hydrogens is 422 g/mol. The molecule has 0 spiro atoms. The minimum atomic E-state index is -0.458. The molecule has 8 heteroatoms. The summed E-state index contributed by atoms with van der Waals surface area (Å²) < 4.78 is 0. The quantitative estimate of drug-likeness (QED) is 0.482. The molecule has 178 valence electrons. The Kier molecular flexibility index (Phi) is 6.44. The fraction of sp³-hybridized carbons (Fsp3) is 0.480. The van der Waals surface area contributed by atoms with Crippen molar-refractivity contribution in [2.75, 3.05) is 5.06 Å². The van der Waals surface area contributed by atoms with Crippen LogP contribution in [-0.2, 0) is 20.5 Å². The van der Waals surface area contributed by atoms with Crippen molar-refractivity contribution in [1.29, 1.82) is 0 Å². The van der Waals surface area contributed by atoms with Gasteiger partial charge < -0.3 is 10.8 Å². The molecule has 1 aliphatic rings. The van der Waals surface area contributed by atoms with Crippen molar-refractivity contribution in [3.63, 3.8) is 0 Å². The van der Waals surface area contributed by atoms with Crippen LogP contribution in [0.4, 0.5) is 11.4 Å². The maximum Gasteiger partial charge on any atom is 0.269 e. The number of amides is 1. The third kappa shape index (κ3) is 5.27. The highest BCUT2D eigenvalue weighted by atomic mass is 16.7. The Labute approximate surface area is 194 Å².